The number of rotatable bonds is 0. The van der Waals surface area contributed by atoms with E-state index in [2.05, 4.69) is 10.3 Å². The van der Waals surface area contributed by atoms with Crippen molar-refractivity contribution in [1.82, 2.24) is 15.0 Å². The first-order chi connectivity index (χ1) is 4.93. The Balaban J connectivity index is 3.15. The van der Waals surface area contributed by atoms with Crippen molar-refractivity contribution in [2.24, 2.45) is 7.05 Å². The molecular formula is C4H3F4N3. The Kier molecular flexibility index (Phi) is 1.57. The highest BCUT2D eigenvalue weighted by atomic mass is 19.4. The van der Waals surface area contributed by atoms with E-state index in [1.54, 1.807) is 0 Å². The molecule has 3 nitrogen and oxygen atoms in total. The molecule has 0 unspecified atom stereocenters. The zero-order chi connectivity index (χ0) is 8.65. The summed E-state index contributed by atoms with van der Waals surface area (Å²) in [5, 5.41) is 5.45. The highest BCUT2D eigenvalue weighted by Crippen LogP contribution is 2.28. The maximum absolute atomic E-state index is 12.4. The predicted octanol–water partition coefficient (Wildman–Crippen LogP) is 0.973. The van der Waals surface area contributed by atoms with E-state index in [1.165, 1.54) is 0 Å². The molecule has 7 heteroatoms. The largest absolute Gasteiger partial charge is 0.439 e. The van der Waals surface area contributed by atoms with Crippen LogP contribution in [0.1, 0.15) is 5.69 Å². The van der Waals surface area contributed by atoms with Crippen molar-refractivity contribution in [2.75, 3.05) is 0 Å². The van der Waals surface area contributed by atoms with Crippen LogP contribution in [0.5, 0.6) is 0 Å². The lowest BCUT2D eigenvalue weighted by Crippen LogP contribution is -2.08. The molecule has 0 radical (unpaired) electrons. The first-order valence-corrected chi connectivity index (χ1v) is 2.55. The SMILES string of the molecule is Cn1nnc(C(F)(F)F)c1F. The van der Waals surface area contributed by atoms with Crippen LogP contribution in [-0.4, -0.2) is 15.0 Å². The van der Waals surface area contributed by atoms with Gasteiger partial charge in [0.25, 0.3) is 0 Å². The number of aromatic nitrogens is 3. The predicted molar refractivity (Wildman–Crippen MR) is 26.0 cm³/mol. The van der Waals surface area contributed by atoms with E-state index in [1.807, 2.05) is 0 Å². The van der Waals surface area contributed by atoms with E-state index in [-0.39, 0.29) is 0 Å². The summed E-state index contributed by atoms with van der Waals surface area (Å²) in [4.78, 5) is 0. The molecule has 0 aliphatic rings. The fourth-order valence-corrected chi connectivity index (χ4v) is 0.519. The van der Waals surface area contributed by atoms with E-state index in [0.717, 1.165) is 7.05 Å². The summed E-state index contributed by atoms with van der Waals surface area (Å²) < 4.78 is 47.9. The van der Waals surface area contributed by atoms with Gasteiger partial charge < -0.3 is 0 Å². The average Bonchev–Trinajstić information content (AvgIpc) is 2.11. The van der Waals surface area contributed by atoms with Crippen molar-refractivity contribution < 1.29 is 17.6 Å². The van der Waals surface area contributed by atoms with Gasteiger partial charge in [-0.25, -0.2) is 4.68 Å². The smallest absolute Gasteiger partial charge is 0.222 e. The van der Waals surface area contributed by atoms with E-state index in [9.17, 15) is 17.6 Å². The van der Waals surface area contributed by atoms with E-state index in [0.29, 0.717) is 4.68 Å². The van der Waals surface area contributed by atoms with Crippen molar-refractivity contribution in [1.29, 1.82) is 0 Å². The number of nitrogens with zero attached hydrogens (tertiary/aromatic N) is 3. The molecule has 1 aromatic rings. The third kappa shape index (κ3) is 1.31. The lowest BCUT2D eigenvalue weighted by Gasteiger charge is -1.99. The van der Waals surface area contributed by atoms with Gasteiger partial charge in [-0.3, -0.25) is 0 Å². The standard InChI is InChI=1S/C4H3F4N3/c1-11-3(5)2(9-10-11)4(6,7)8/h1H3. The number of aryl methyl sites for hydroxylation is 1. The van der Waals surface area contributed by atoms with Gasteiger partial charge in [0.15, 0.2) is 0 Å². The van der Waals surface area contributed by atoms with Crippen LogP contribution in [-0.2, 0) is 13.2 Å². The summed E-state index contributed by atoms with van der Waals surface area (Å²) in [6.45, 7) is 0. The van der Waals surface area contributed by atoms with Gasteiger partial charge in [-0.05, 0) is 0 Å². The molecule has 0 fully saturated rings. The molecule has 0 aliphatic heterocycles. The number of halogens is 4. The zero-order valence-electron chi connectivity index (χ0n) is 5.35. The molecule has 0 N–H and O–H groups in total. The second-order valence-corrected chi connectivity index (χ2v) is 1.85. The Bertz CT molecular complexity index is 263. The third-order valence-corrected chi connectivity index (χ3v) is 1.03. The van der Waals surface area contributed by atoms with Crippen LogP contribution in [0.3, 0.4) is 0 Å². The molecule has 0 saturated carbocycles. The van der Waals surface area contributed by atoms with Crippen LogP contribution < -0.4 is 0 Å². The number of alkyl halides is 3. The van der Waals surface area contributed by atoms with Gasteiger partial charge in [-0.15, -0.1) is 5.10 Å². The number of hydrogen-bond acceptors (Lipinski definition) is 2. The van der Waals surface area contributed by atoms with Crippen LogP contribution in [0.25, 0.3) is 0 Å². The average molecular weight is 169 g/mol. The van der Waals surface area contributed by atoms with Gasteiger partial charge in [-0.2, -0.15) is 17.6 Å². The molecule has 0 aliphatic carbocycles. The minimum Gasteiger partial charge on any atom is -0.222 e. The Morgan fingerprint density at radius 2 is 1.91 bits per heavy atom. The molecule has 0 amide bonds. The molecule has 1 heterocycles. The van der Waals surface area contributed by atoms with Crippen molar-refractivity contribution in [3.8, 4) is 0 Å². The van der Waals surface area contributed by atoms with E-state index in [4.69, 9.17) is 0 Å². The van der Waals surface area contributed by atoms with Crippen LogP contribution in [0.4, 0.5) is 17.6 Å². The summed E-state index contributed by atoms with van der Waals surface area (Å²) in [6, 6.07) is 0. The first-order valence-electron chi connectivity index (χ1n) is 2.55. The Morgan fingerprint density at radius 3 is 2.09 bits per heavy atom. The summed E-state index contributed by atoms with van der Waals surface area (Å²) >= 11 is 0. The highest BCUT2D eigenvalue weighted by Gasteiger charge is 2.38. The Hall–Kier alpha value is -1.14. The van der Waals surface area contributed by atoms with Gasteiger partial charge in [0.1, 0.15) is 0 Å². The molecule has 0 saturated heterocycles. The van der Waals surface area contributed by atoms with Crippen LogP contribution in [0, 0.1) is 5.95 Å². The molecule has 0 bridgehead atoms. The monoisotopic (exact) mass is 169 g/mol. The van der Waals surface area contributed by atoms with Crippen molar-refractivity contribution in [3.05, 3.63) is 11.6 Å². The quantitative estimate of drug-likeness (QED) is 0.542. The van der Waals surface area contributed by atoms with Gasteiger partial charge in [-0.1, -0.05) is 5.21 Å². The second-order valence-electron chi connectivity index (χ2n) is 1.85. The molecular weight excluding hydrogens is 166 g/mol. The second kappa shape index (κ2) is 2.18. The summed E-state index contributed by atoms with van der Waals surface area (Å²) in [6.07, 6.45) is -4.77. The fraction of sp³-hybridized carbons (Fsp3) is 0.500. The third-order valence-electron chi connectivity index (χ3n) is 1.03. The van der Waals surface area contributed by atoms with Crippen LogP contribution in [0.15, 0.2) is 0 Å². The molecule has 11 heavy (non-hydrogen) atoms. The molecule has 1 aromatic heterocycles. The summed E-state index contributed by atoms with van der Waals surface area (Å²) in [5.41, 5.74) is -1.58. The zero-order valence-corrected chi connectivity index (χ0v) is 5.35. The van der Waals surface area contributed by atoms with Crippen molar-refractivity contribution in [3.63, 3.8) is 0 Å². The van der Waals surface area contributed by atoms with Crippen LogP contribution in [0.2, 0.25) is 0 Å². The van der Waals surface area contributed by atoms with Gasteiger partial charge in [0, 0.05) is 7.05 Å². The Labute approximate surface area is 58.6 Å². The lowest BCUT2D eigenvalue weighted by atomic mass is 10.5. The molecule has 0 aromatic carbocycles. The number of hydrogen-bond donors (Lipinski definition) is 0. The van der Waals surface area contributed by atoms with Crippen molar-refractivity contribution in [2.45, 2.75) is 6.18 Å². The minimum absolute atomic E-state index is 0.419. The first kappa shape index (κ1) is 7.96. The maximum atomic E-state index is 12.4. The lowest BCUT2D eigenvalue weighted by molar-refractivity contribution is -0.143. The van der Waals surface area contributed by atoms with E-state index < -0.39 is 17.8 Å². The highest BCUT2D eigenvalue weighted by molar-refractivity contribution is 5.00. The van der Waals surface area contributed by atoms with Gasteiger partial charge in [0.2, 0.25) is 11.6 Å². The minimum atomic E-state index is -4.77. The molecule has 0 spiro atoms. The fourth-order valence-electron chi connectivity index (χ4n) is 0.519. The molecule has 0 atom stereocenters. The Morgan fingerprint density at radius 1 is 1.36 bits per heavy atom. The summed E-state index contributed by atoms with van der Waals surface area (Å²) in [5.74, 6) is -1.47. The maximum Gasteiger partial charge on any atom is 0.439 e. The van der Waals surface area contributed by atoms with Crippen LogP contribution >= 0.6 is 0 Å². The topological polar surface area (TPSA) is 30.7 Å². The molecule has 1 rings (SSSR count). The normalized spacial score (nSPS) is 12.1. The summed E-state index contributed by atoms with van der Waals surface area (Å²) in [7, 11) is 1.04. The van der Waals surface area contributed by atoms with Gasteiger partial charge >= 0.3 is 6.18 Å². The van der Waals surface area contributed by atoms with Gasteiger partial charge in [0.05, 0.1) is 0 Å². The van der Waals surface area contributed by atoms with E-state index >= 15 is 0 Å². The molecule has 62 valence electrons. The van der Waals surface area contributed by atoms with Crippen molar-refractivity contribution >= 4 is 0 Å².